The molecule has 6 nitrogen and oxygen atoms in total. The fraction of sp³-hybridized carbons (Fsp3) is 0.667. The van der Waals surface area contributed by atoms with Crippen molar-refractivity contribution in [3.63, 3.8) is 0 Å². The van der Waals surface area contributed by atoms with Gasteiger partial charge in [-0.2, -0.15) is 0 Å². The van der Waals surface area contributed by atoms with Gasteiger partial charge in [-0.1, -0.05) is 6.92 Å². The lowest BCUT2D eigenvalue weighted by atomic mass is 10.0. The maximum atomic E-state index is 10.1. The summed E-state index contributed by atoms with van der Waals surface area (Å²) in [6.45, 7) is 1.70. The Balaban J connectivity index is 4.49. The van der Waals surface area contributed by atoms with Crippen LogP contribution >= 0.6 is 0 Å². The summed E-state index contributed by atoms with van der Waals surface area (Å²) in [6.07, 6.45) is -5.49. The zero-order valence-electron chi connectivity index (χ0n) is 8.32. The maximum absolute atomic E-state index is 10.1. The smallest absolute Gasteiger partial charge is 0.151 e. The molecule has 0 amide bonds. The lowest BCUT2D eigenvalue weighted by molar-refractivity contribution is -0.132. The molecule has 0 aliphatic carbocycles. The summed E-state index contributed by atoms with van der Waals surface area (Å²) in [5.41, 5.74) is 0. The highest BCUT2D eigenvalue weighted by Gasteiger charge is 2.31. The summed E-state index contributed by atoms with van der Waals surface area (Å²) in [6, 6.07) is 0. The first-order valence-corrected chi connectivity index (χ1v) is 4.52. The third-order valence-corrected chi connectivity index (χ3v) is 1.88. The van der Waals surface area contributed by atoms with Crippen molar-refractivity contribution >= 4 is 6.29 Å². The third-order valence-electron chi connectivity index (χ3n) is 1.88. The molecule has 0 rings (SSSR count). The van der Waals surface area contributed by atoms with Crippen molar-refractivity contribution in [3.8, 4) is 0 Å². The Morgan fingerprint density at radius 2 is 1.73 bits per heavy atom. The van der Waals surface area contributed by atoms with Crippen molar-refractivity contribution in [2.45, 2.75) is 37.8 Å². The van der Waals surface area contributed by atoms with E-state index in [0.29, 0.717) is 6.42 Å². The second kappa shape index (κ2) is 6.52. The van der Waals surface area contributed by atoms with E-state index in [1.54, 1.807) is 6.92 Å². The van der Waals surface area contributed by atoms with Crippen molar-refractivity contribution in [2.75, 3.05) is 0 Å². The van der Waals surface area contributed by atoms with Gasteiger partial charge in [0.05, 0.1) is 0 Å². The number of aliphatic hydroxyl groups excluding tert-OH is 5. The van der Waals surface area contributed by atoms with Crippen LogP contribution in [0.4, 0.5) is 0 Å². The molecule has 15 heavy (non-hydrogen) atoms. The van der Waals surface area contributed by atoms with Gasteiger partial charge in [0.15, 0.2) is 6.29 Å². The van der Waals surface area contributed by atoms with Gasteiger partial charge in [0.25, 0.3) is 0 Å². The number of aliphatic hydroxyl groups is 5. The van der Waals surface area contributed by atoms with Crippen LogP contribution in [0.15, 0.2) is 11.8 Å². The molecule has 5 N–H and O–H groups in total. The SMILES string of the molecule is CCC=C(O)[C@@H](O)[C@@H](O)[C@H](O)[C@@H](O)C=O. The molecule has 0 saturated carbocycles. The minimum Gasteiger partial charge on any atom is -0.510 e. The molecule has 0 radical (unpaired) electrons. The zero-order valence-corrected chi connectivity index (χ0v) is 8.32. The second-order valence-electron chi connectivity index (χ2n) is 3.09. The van der Waals surface area contributed by atoms with Crippen LogP contribution in [0.1, 0.15) is 13.3 Å². The van der Waals surface area contributed by atoms with Crippen molar-refractivity contribution in [2.24, 2.45) is 0 Å². The standard InChI is InChI=1S/C9H16O6/c1-2-3-5(11)7(13)9(15)8(14)6(12)4-10/h3-4,6-9,11-15H,2H2,1H3/t6-,7+,8+,9+/m0/s1. The van der Waals surface area contributed by atoms with Gasteiger partial charge in [-0.3, -0.25) is 0 Å². The minimum atomic E-state index is -1.84. The van der Waals surface area contributed by atoms with E-state index in [-0.39, 0.29) is 6.29 Å². The van der Waals surface area contributed by atoms with Gasteiger partial charge in [-0.25, -0.2) is 0 Å². The van der Waals surface area contributed by atoms with E-state index in [4.69, 9.17) is 15.3 Å². The second-order valence-corrected chi connectivity index (χ2v) is 3.09. The summed E-state index contributed by atoms with van der Waals surface area (Å²) >= 11 is 0. The number of rotatable bonds is 6. The molecule has 0 fully saturated rings. The molecule has 0 aliphatic heterocycles. The highest BCUT2D eigenvalue weighted by Crippen LogP contribution is 2.10. The number of carbonyl (C=O) groups excluding carboxylic acids is 1. The normalized spacial score (nSPS) is 20.5. The molecule has 4 atom stereocenters. The Morgan fingerprint density at radius 1 is 1.20 bits per heavy atom. The maximum Gasteiger partial charge on any atom is 0.151 e. The van der Waals surface area contributed by atoms with Gasteiger partial charge in [-0.15, -0.1) is 0 Å². The number of hydrogen-bond acceptors (Lipinski definition) is 6. The molecule has 0 bridgehead atoms. The highest BCUT2D eigenvalue weighted by atomic mass is 16.4. The van der Waals surface area contributed by atoms with E-state index in [1.807, 2.05) is 0 Å². The van der Waals surface area contributed by atoms with E-state index in [0.717, 1.165) is 0 Å². The predicted octanol–water partition coefficient (Wildman–Crippen LogP) is -1.52. The first-order valence-electron chi connectivity index (χ1n) is 4.52. The molecule has 0 spiro atoms. The monoisotopic (exact) mass is 220 g/mol. The van der Waals surface area contributed by atoms with Crippen LogP contribution in [0.25, 0.3) is 0 Å². The van der Waals surface area contributed by atoms with Crippen LogP contribution in [0.2, 0.25) is 0 Å². The van der Waals surface area contributed by atoms with Gasteiger partial charge in [-0.05, 0) is 12.5 Å². The first-order chi connectivity index (χ1) is 6.95. The molecule has 0 aliphatic rings. The molecule has 0 unspecified atom stereocenters. The van der Waals surface area contributed by atoms with Crippen molar-refractivity contribution < 1.29 is 30.3 Å². The molecule has 0 aromatic heterocycles. The molecular formula is C9H16O6. The van der Waals surface area contributed by atoms with Crippen LogP contribution in [0.3, 0.4) is 0 Å². The highest BCUT2D eigenvalue weighted by molar-refractivity contribution is 5.56. The average molecular weight is 220 g/mol. The molecule has 0 aromatic carbocycles. The predicted molar refractivity (Wildman–Crippen MR) is 51.1 cm³/mol. The fourth-order valence-corrected chi connectivity index (χ4v) is 0.974. The van der Waals surface area contributed by atoms with Crippen LogP contribution in [-0.4, -0.2) is 56.2 Å². The lowest BCUT2D eigenvalue weighted by Crippen LogP contribution is -2.45. The van der Waals surface area contributed by atoms with Gasteiger partial charge in [0.2, 0.25) is 0 Å². The number of aldehydes is 1. The molecule has 0 aromatic rings. The molecule has 6 heteroatoms. The van der Waals surface area contributed by atoms with E-state index < -0.39 is 30.2 Å². The number of hydrogen-bond donors (Lipinski definition) is 5. The van der Waals surface area contributed by atoms with Crippen LogP contribution in [-0.2, 0) is 4.79 Å². The quantitative estimate of drug-likeness (QED) is 0.274. The summed E-state index contributed by atoms with van der Waals surface area (Å²) in [7, 11) is 0. The molecular weight excluding hydrogens is 204 g/mol. The van der Waals surface area contributed by atoms with Crippen molar-refractivity contribution in [3.05, 3.63) is 11.8 Å². The van der Waals surface area contributed by atoms with Gasteiger partial charge >= 0.3 is 0 Å². The summed E-state index contributed by atoms with van der Waals surface area (Å²) in [5.74, 6) is -0.512. The molecule has 0 saturated heterocycles. The van der Waals surface area contributed by atoms with E-state index in [1.165, 1.54) is 6.08 Å². The van der Waals surface area contributed by atoms with Crippen LogP contribution in [0, 0.1) is 0 Å². The Kier molecular flexibility index (Phi) is 6.11. The third kappa shape index (κ3) is 3.96. The Morgan fingerprint density at radius 3 is 2.13 bits per heavy atom. The van der Waals surface area contributed by atoms with Crippen molar-refractivity contribution in [1.82, 2.24) is 0 Å². The fourth-order valence-electron chi connectivity index (χ4n) is 0.974. The molecule has 88 valence electrons. The topological polar surface area (TPSA) is 118 Å². The average Bonchev–Trinajstić information content (AvgIpc) is 2.25. The summed E-state index contributed by atoms with van der Waals surface area (Å²) in [4.78, 5) is 10.1. The summed E-state index contributed by atoms with van der Waals surface area (Å²) < 4.78 is 0. The molecule has 0 heterocycles. The zero-order chi connectivity index (χ0) is 12.0. The Labute approximate surface area is 87.1 Å². The first kappa shape index (κ1) is 14.1. The van der Waals surface area contributed by atoms with Crippen LogP contribution in [0.5, 0.6) is 0 Å². The lowest BCUT2D eigenvalue weighted by Gasteiger charge is -2.23. The van der Waals surface area contributed by atoms with Crippen molar-refractivity contribution in [1.29, 1.82) is 0 Å². The van der Waals surface area contributed by atoms with Crippen LogP contribution < -0.4 is 0 Å². The Hall–Kier alpha value is -0.950. The largest absolute Gasteiger partial charge is 0.510 e. The minimum absolute atomic E-state index is 0.0290. The number of carbonyl (C=O) groups is 1. The van der Waals surface area contributed by atoms with Gasteiger partial charge in [0, 0.05) is 0 Å². The summed E-state index contributed by atoms with van der Waals surface area (Å²) in [5, 5.41) is 45.7. The van der Waals surface area contributed by atoms with Gasteiger partial charge < -0.3 is 30.3 Å². The Bertz CT molecular complexity index is 227. The van der Waals surface area contributed by atoms with E-state index in [9.17, 15) is 15.0 Å². The van der Waals surface area contributed by atoms with Gasteiger partial charge in [0.1, 0.15) is 30.2 Å². The van der Waals surface area contributed by atoms with E-state index in [2.05, 4.69) is 0 Å². The van der Waals surface area contributed by atoms with E-state index >= 15 is 0 Å². The number of allylic oxidation sites excluding steroid dienone is 1.